The fraction of sp³-hybridized carbons (Fsp3) is 0.200. The Bertz CT molecular complexity index is 1090. The highest BCUT2D eigenvalue weighted by atomic mass is 16.7. The first kappa shape index (κ1) is 17.8. The van der Waals surface area contributed by atoms with Crippen LogP contribution in [0.3, 0.4) is 0 Å². The predicted molar refractivity (Wildman–Crippen MR) is 116 cm³/mol. The van der Waals surface area contributed by atoms with Gasteiger partial charge in [0.05, 0.1) is 5.70 Å². The Morgan fingerprint density at radius 3 is 2.38 bits per heavy atom. The lowest BCUT2D eigenvalue weighted by molar-refractivity contribution is -0.0678. The first-order chi connectivity index (χ1) is 14.0. The molecule has 0 bridgehead atoms. The molecule has 0 amide bonds. The standard InChI is InChI=1S/C25H24N2O2/c1-24(2)21-14-7-8-15-23(21)27(3)25(24)17-22(26-29-25)18-10-9-13-20(16-18)28-19-11-5-4-6-12-19/h4-17,26H,1-3H3/t25-/m1/s1. The predicted octanol–water partition coefficient (Wildman–Crippen LogP) is 5.48. The number of nitrogens with zero attached hydrogens (tertiary/aromatic N) is 1. The topological polar surface area (TPSA) is 33.7 Å². The summed E-state index contributed by atoms with van der Waals surface area (Å²) in [5.41, 5.74) is 6.81. The first-order valence-corrected chi connectivity index (χ1v) is 9.85. The van der Waals surface area contributed by atoms with Crippen LogP contribution < -0.4 is 15.1 Å². The number of fused-ring (bicyclic) bond motifs is 1. The van der Waals surface area contributed by atoms with Crippen molar-refractivity contribution < 1.29 is 9.57 Å². The Morgan fingerprint density at radius 1 is 0.862 bits per heavy atom. The maximum Gasteiger partial charge on any atom is 0.197 e. The van der Waals surface area contributed by atoms with E-state index in [2.05, 4.69) is 67.7 Å². The molecule has 3 aromatic rings. The Kier molecular flexibility index (Phi) is 3.93. The molecule has 2 aliphatic heterocycles. The number of rotatable bonds is 3. The molecule has 4 heteroatoms. The van der Waals surface area contributed by atoms with Gasteiger partial charge in [-0.05, 0) is 42.0 Å². The molecule has 0 aromatic heterocycles. The van der Waals surface area contributed by atoms with Gasteiger partial charge in [0.15, 0.2) is 5.72 Å². The zero-order chi connectivity index (χ0) is 20.1. The molecule has 0 aliphatic carbocycles. The highest BCUT2D eigenvalue weighted by Crippen LogP contribution is 2.54. The minimum atomic E-state index is -0.595. The number of para-hydroxylation sites is 2. The van der Waals surface area contributed by atoms with E-state index in [1.165, 1.54) is 11.3 Å². The van der Waals surface area contributed by atoms with Gasteiger partial charge < -0.3 is 9.64 Å². The van der Waals surface area contributed by atoms with Crippen LogP contribution in [0, 0.1) is 0 Å². The smallest absolute Gasteiger partial charge is 0.197 e. The Morgan fingerprint density at radius 2 is 1.59 bits per heavy atom. The lowest BCUT2D eigenvalue weighted by atomic mass is 9.77. The van der Waals surface area contributed by atoms with E-state index in [1.807, 2.05) is 48.5 Å². The van der Waals surface area contributed by atoms with Gasteiger partial charge >= 0.3 is 0 Å². The Hall–Kier alpha value is -3.24. The van der Waals surface area contributed by atoms with Gasteiger partial charge in [0.25, 0.3) is 0 Å². The number of benzene rings is 3. The minimum absolute atomic E-state index is 0.217. The van der Waals surface area contributed by atoms with Crippen LogP contribution in [0.4, 0.5) is 5.69 Å². The lowest BCUT2D eigenvalue weighted by Crippen LogP contribution is -2.54. The number of hydrogen-bond donors (Lipinski definition) is 1. The quantitative estimate of drug-likeness (QED) is 0.648. The molecule has 4 nitrogen and oxygen atoms in total. The van der Waals surface area contributed by atoms with Gasteiger partial charge in [-0.1, -0.05) is 62.4 Å². The second-order valence-corrected chi connectivity index (χ2v) is 8.10. The lowest BCUT2D eigenvalue weighted by Gasteiger charge is -2.39. The molecule has 0 saturated carbocycles. The van der Waals surface area contributed by atoms with Crippen LogP contribution in [0.15, 0.2) is 84.9 Å². The number of likely N-dealkylation sites (N-methyl/N-ethyl adjacent to an activating group) is 1. The van der Waals surface area contributed by atoms with E-state index >= 15 is 0 Å². The van der Waals surface area contributed by atoms with Crippen molar-refractivity contribution >= 4 is 11.4 Å². The van der Waals surface area contributed by atoms with Crippen molar-refractivity contribution in [1.82, 2.24) is 5.48 Å². The van der Waals surface area contributed by atoms with Crippen molar-refractivity contribution in [3.63, 3.8) is 0 Å². The molecule has 29 heavy (non-hydrogen) atoms. The molecular formula is C25H24N2O2. The van der Waals surface area contributed by atoms with E-state index < -0.39 is 5.72 Å². The molecular weight excluding hydrogens is 360 g/mol. The van der Waals surface area contributed by atoms with Gasteiger partial charge in [0.1, 0.15) is 11.5 Å². The molecule has 2 aliphatic rings. The molecule has 1 spiro atoms. The van der Waals surface area contributed by atoms with E-state index in [9.17, 15) is 0 Å². The van der Waals surface area contributed by atoms with Gasteiger partial charge in [0, 0.05) is 23.7 Å². The maximum atomic E-state index is 6.28. The van der Waals surface area contributed by atoms with E-state index in [1.54, 1.807) is 0 Å². The van der Waals surface area contributed by atoms with Crippen LogP contribution in [-0.2, 0) is 10.3 Å². The van der Waals surface area contributed by atoms with Crippen molar-refractivity contribution in [1.29, 1.82) is 0 Å². The third-order valence-electron chi connectivity index (χ3n) is 6.11. The molecule has 5 rings (SSSR count). The monoisotopic (exact) mass is 384 g/mol. The number of anilines is 1. The van der Waals surface area contributed by atoms with E-state index in [0.717, 1.165) is 22.8 Å². The summed E-state index contributed by atoms with van der Waals surface area (Å²) in [6.45, 7) is 4.46. The number of hydroxylamine groups is 1. The van der Waals surface area contributed by atoms with Crippen molar-refractivity contribution in [2.24, 2.45) is 0 Å². The molecule has 0 fully saturated rings. The summed E-state index contributed by atoms with van der Waals surface area (Å²) in [6, 6.07) is 26.4. The maximum absolute atomic E-state index is 6.28. The zero-order valence-electron chi connectivity index (χ0n) is 16.8. The van der Waals surface area contributed by atoms with E-state index in [0.29, 0.717) is 0 Å². The number of ether oxygens (including phenoxy) is 1. The van der Waals surface area contributed by atoms with Crippen molar-refractivity contribution in [3.8, 4) is 11.5 Å². The largest absolute Gasteiger partial charge is 0.457 e. The van der Waals surface area contributed by atoms with Crippen LogP contribution >= 0.6 is 0 Å². The molecule has 0 radical (unpaired) electrons. The van der Waals surface area contributed by atoms with Gasteiger partial charge in [-0.15, -0.1) is 0 Å². The van der Waals surface area contributed by atoms with E-state index in [-0.39, 0.29) is 5.41 Å². The summed E-state index contributed by atoms with van der Waals surface area (Å²) >= 11 is 0. The molecule has 0 unspecified atom stereocenters. The van der Waals surface area contributed by atoms with Gasteiger partial charge in [-0.25, -0.2) is 4.84 Å². The summed E-state index contributed by atoms with van der Waals surface area (Å²) in [4.78, 5) is 8.49. The number of hydrogen-bond acceptors (Lipinski definition) is 4. The summed E-state index contributed by atoms with van der Waals surface area (Å²) in [5, 5.41) is 0. The average molecular weight is 384 g/mol. The van der Waals surface area contributed by atoms with Crippen LogP contribution in [0.5, 0.6) is 11.5 Å². The third kappa shape index (κ3) is 2.64. The molecule has 2 heterocycles. The van der Waals surface area contributed by atoms with Crippen molar-refractivity contribution in [3.05, 3.63) is 96.1 Å². The molecule has 1 atom stereocenters. The molecule has 0 saturated heterocycles. The first-order valence-electron chi connectivity index (χ1n) is 9.85. The highest BCUT2D eigenvalue weighted by Gasteiger charge is 2.58. The Balaban J connectivity index is 1.50. The SMILES string of the molecule is CN1c2ccccc2C(C)(C)[C@]12C=C(c1cccc(Oc3ccccc3)c1)NO2. The average Bonchev–Trinajstić information content (AvgIpc) is 3.27. The minimum Gasteiger partial charge on any atom is -0.457 e. The zero-order valence-corrected chi connectivity index (χ0v) is 16.8. The third-order valence-corrected chi connectivity index (χ3v) is 6.11. The molecule has 1 N–H and O–H groups in total. The second kappa shape index (κ2) is 6.39. The van der Waals surface area contributed by atoms with Crippen LogP contribution in [0.2, 0.25) is 0 Å². The van der Waals surface area contributed by atoms with Crippen molar-refractivity contribution in [2.75, 3.05) is 11.9 Å². The fourth-order valence-corrected chi connectivity index (χ4v) is 4.44. The van der Waals surface area contributed by atoms with Gasteiger partial charge in [-0.3, -0.25) is 5.48 Å². The van der Waals surface area contributed by atoms with Crippen LogP contribution in [0.25, 0.3) is 5.70 Å². The normalized spacial score (nSPS) is 21.6. The molecule has 146 valence electrons. The van der Waals surface area contributed by atoms with Crippen LogP contribution in [-0.4, -0.2) is 12.8 Å². The van der Waals surface area contributed by atoms with Gasteiger partial charge in [-0.2, -0.15) is 0 Å². The number of nitrogens with one attached hydrogen (secondary N) is 1. The van der Waals surface area contributed by atoms with Gasteiger partial charge in [0.2, 0.25) is 0 Å². The summed E-state index contributed by atoms with van der Waals surface area (Å²) < 4.78 is 6.00. The summed E-state index contributed by atoms with van der Waals surface area (Å²) in [5.74, 6) is 1.61. The summed E-state index contributed by atoms with van der Waals surface area (Å²) in [7, 11) is 2.09. The highest BCUT2D eigenvalue weighted by molar-refractivity contribution is 5.74. The Labute approximate surface area is 171 Å². The van der Waals surface area contributed by atoms with Crippen LogP contribution in [0.1, 0.15) is 25.0 Å². The second-order valence-electron chi connectivity index (χ2n) is 8.10. The molecule has 3 aromatic carbocycles. The fourth-order valence-electron chi connectivity index (χ4n) is 4.44. The van der Waals surface area contributed by atoms with Crippen molar-refractivity contribution in [2.45, 2.75) is 25.0 Å². The van der Waals surface area contributed by atoms with E-state index in [4.69, 9.17) is 9.57 Å². The summed E-state index contributed by atoms with van der Waals surface area (Å²) in [6.07, 6.45) is 2.19.